The molecule has 1 aliphatic rings. The van der Waals surface area contributed by atoms with E-state index in [9.17, 15) is 8.42 Å². The molecule has 0 saturated heterocycles. The van der Waals surface area contributed by atoms with Crippen molar-refractivity contribution < 1.29 is 8.42 Å². The van der Waals surface area contributed by atoms with Crippen molar-refractivity contribution in [1.29, 1.82) is 0 Å². The lowest BCUT2D eigenvalue weighted by Crippen LogP contribution is -2.17. The van der Waals surface area contributed by atoms with Crippen LogP contribution < -0.4 is 0 Å². The van der Waals surface area contributed by atoms with Crippen LogP contribution in [0.2, 0.25) is 0 Å². The second-order valence-electron chi connectivity index (χ2n) is 6.59. The SMILES string of the molecule is CCCc1ccc(CC2CCc3ccc(S(=O)(=O)Cl)cc3C2)cn1. The highest BCUT2D eigenvalue weighted by Gasteiger charge is 2.21. The summed E-state index contributed by atoms with van der Waals surface area (Å²) in [6.07, 6.45) is 8.11. The van der Waals surface area contributed by atoms with Crippen LogP contribution in [0.4, 0.5) is 0 Å². The van der Waals surface area contributed by atoms with Gasteiger partial charge in [0.05, 0.1) is 4.90 Å². The van der Waals surface area contributed by atoms with Gasteiger partial charge in [-0.1, -0.05) is 25.5 Å². The zero-order valence-corrected chi connectivity index (χ0v) is 15.4. The first kappa shape index (κ1) is 17.4. The molecule has 1 atom stereocenters. The van der Waals surface area contributed by atoms with E-state index in [2.05, 4.69) is 24.0 Å². The molecule has 0 bridgehead atoms. The highest BCUT2D eigenvalue weighted by atomic mass is 35.7. The lowest BCUT2D eigenvalue weighted by Gasteiger charge is -2.25. The van der Waals surface area contributed by atoms with E-state index in [0.717, 1.165) is 49.8 Å². The van der Waals surface area contributed by atoms with Crippen molar-refractivity contribution in [3.8, 4) is 0 Å². The summed E-state index contributed by atoms with van der Waals surface area (Å²) in [7, 11) is 1.81. The number of pyridine rings is 1. The highest BCUT2D eigenvalue weighted by molar-refractivity contribution is 8.13. The first-order valence-electron chi connectivity index (χ1n) is 8.46. The van der Waals surface area contributed by atoms with Crippen LogP contribution in [0.1, 0.15) is 42.1 Å². The number of aryl methyl sites for hydroxylation is 2. The molecule has 3 nitrogen and oxygen atoms in total. The fourth-order valence-corrected chi connectivity index (χ4v) is 4.25. The Labute approximate surface area is 148 Å². The van der Waals surface area contributed by atoms with Gasteiger partial charge < -0.3 is 0 Å². The van der Waals surface area contributed by atoms with Gasteiger partial charge in [0.1, 0.15) is 0 Å². The number of hydrogen-bond donors (Lipinski definition) is 0. The number of halogens is 1. The third-order valence-electron chi connectivity index (χ3n) is 4.71. The average Bonchev–Trinajstić information content (AvgIpc) is 2.55. The molecule has 0 spiro atoms. The molecule has 1 aromatic heterocycles. The van der Waals surface area contributed by atoms with Gasteiger partial charge in [0.2, 0.25) is 0 Å². The number of aromatic nitrogens is 1. The van der Waals surface area contributed by atoms with E-state index in [1.807, 2.05) is 12.3 Å². The standard InChI is InChI=1S/C19H22ClNO2S/c1-2-3-18-8-5-15(13-21-18)10-14-4-6-16-7-9-19(24(20,22)23)12-17(16)11-14/h5,7-9,12-14H,2-4,6,10-11H2,1H3. The molecule has 0 aliphatic heterocycles. The first-order chi connectivity index (χ1) is 11.5. The van der Waals surface area contributed by atoms with Crippen molar-refractivity contribution >= 4 is 19.7 Å². The van der Waals surface area contributed by atoms with E-state index in [0.29, 0.717) is 5.92 Å². The molecule has 5 heteroatoms. The van der Waals surface area contributed by atoms with Gasteiger partial charge in [-0.15, -0.1) is 0 Å². The van der Waals surface area contributed by atoms with Crippen molar-refractivity contribution in [3.05, 3.63) is 58.9 Å². The van der Waals surface area contributed by atoms with Gasteiger partial charge in [0, 0.05) is 22.6 Å². The Bertz CT molecular complexity index is 816. The summed E-state index contributed by atoms with van der Waals surface area (Å²) in [6, 6.07) is 9.55. The van der Waals surface area contributed by atoms with E-state index in [1.165, 1.54) is 11.1 Å². The molecule has 0 N–H and O–H groups in total. The maximum Gasteiger partial charge on any atom is 0.261 e. The molecule has 24 heavy (non-hydrogen) atoms. The summed E-state index contributed by atoms with van der Waals surface area (Å²) >= 11 is 0. The van der Waals surface area contributed by atoms with Crippen molar-refractivity contribution in [2.45, 2.75) is 50.3 Å². The fourth-order valence-electron chi connectivity index (χ4n) is 3.45. The third kappa shape index (κ3) is 4.17. The fraction of sp³-hybridized carbons (Fsp3) is 0.421. The molecule has 0 fully saturated rings. The molecule has 0 amide bonds. The maximum absolute atomic E-state index is 11.5. The van der Waals surface area contributed by atoms with Gasteiger partial charge in [-0.25, -0.2) is 8.42 Å². The van der Waals surface area contributed by atoms with E-state index < -0.39 is 9.05 Å². The lowest BCUT2D eigenvalue weighted by atomic mass is 9.81. The number of benzene rings is 1. The molecule has 2 aromatic rings. The molecular formula is C19H22ClNO2S. The number of hydrogen-bond acceptors (Lipinski definition) is 3. The Morgan fingerprint density at radius 2 is 2.04 bits per heavy atom. The van der Waals surface area contributed by atoms with Crippen LogP contribution in [0, 0.1) is 5.92 Å². The van der Waals surface area contributed by atoms with Crippen LogP contribution in [-0.2, 0) is 34.7 Å². The minimum atomic E-state index is -3.66. The summed E-state index contributed by atoms with van der Waals surface area (Å²) in [5, 5.41) is 0. The molecule has 3 rings (SSSR count). The molecule has 0 radical (unpaired) electrons. The maximum atomic E-state index is 11.5. The summed E-state index contributed by atoms with van der Waals surface area (Å²) in [5.74, 6) is 0.518. The summed E-state index contributed by atoms with van der Waals surface area (Å²) < 4.78 is 23.1. The van der Waals surface area contributed by atoms with Gasteiger partial charge >= 0.3 is 0 Å². The predicted molar refractivity (Wildman–Crippen MR) is 96.9 cm³/mol. The van der Waals surface area contributed by atoms with Gasteiger partial charge in [-0.05, 0) is 72.9 Å². The van der Waals surface area contributed by atoms with Crippen LogP contribution in [-0.4, -0.2) is 13.4 Å². The Kier molecular flexibility index (Phi) is 5.26. The smallest absolute Gasteiger partial charge is 0.261 e. The average molecular weight is 364 g/mol. The van der Waals surface area contributed by atoms with Gasteiger partial charge in [-0.3, -0.25) is 4.98 Å². The normalized spacial score (nSPS) is 17.5. The Morgan fingerprint density at radius 3 is 2.71 bits per heavy atom. The van der Waals surface area contributed by atoms with Crippen LogP contribution in [0.15, 0.2) is 41.4 Å². The van der Waals surface area contributed by atoms with Crippen molar-refractivity contribution in [2.24, 2.45) is 5.92 Å². The summed E-state index contributed by atoms with van der Waals surface area (Å²) in [6.45, 7) is 2.16. The molecule has 0 saturated carbocycles. The van der Waals surface area contributed by atoms with Crippen LogP contribution >= 0.6 is 10.7 Å². The number of nitrogens with zero attached hydrogens (tertiary/aromatic N) is 1. The van der Waals surface area contributed by atoms with Gasteiger partial charge in [0.25, 0.3) is 9.05 Å². The molecule has 1 unspecified atom stereocenters. The van der Waals surface area contributed by atoms with Gasteiger partial charge in [0.15, 0.2) is 0 Å². The minimum absolute atomic E-state index is 0.203. The second-order valence-corrected chi connectivity index (χ2v) is 9.16. The summed E-state index contributed by atoms with van der Waals surface area (Å²) in [4.78, 5) is 4.73. The van der Waals surface area contributed by atoms with E-state index in [1.54, 1.807) is 12.1 Å². The van der Waals surface area contributed by atoms with E-state index in [-0.39, 0.29) is 4.90 Å². The lowest BCUT2D eigenvalue weighted by molar-refractivity contribution is 0.455. The Balaban J connectivity index is 1.72. The van der Waals surface area contributed by atoms with E-state index in [4.69, 9.17) is 10.7 Å². The topological polar surface area (TPSA) is 47.0 Å². The molecule has 1 aliphatic carbocycles. The number of fused-ring (bicyclic) bond motifs is 1. The van der Waals surface area contributed by atoms with Crippen LogP contribution in [0.3, 0.4) is 0 Å². The monoisotopic (exact) mass is 363 g/mol. The second kappa shape index (κ2) is 7.24. The largest absolute Gasteiger partial charge is 0.261 e. The highest BCUT2D eigenvalue weighted by Crippen LogP contribution is 2.30. The molecule has 128 valence electrons. The van der Waals surface area contributed by atoms with Crippen molar-refractivity contribution in [3.63, 3.8) is 0 Å². The Hall–Kier alpha value is -1.39. The zero-order valence-electron chi connectivity index (χ0n) is 13.8. The first-order valence-corrected chi connectivity index (χ1v) is 10.8. The van der Waals surface area contributed by atoms with Gasteiger partial charge in [-0.2, -0.15) is 0 Å². The Morgan fingerprint density at radius 1 is 1.21 bits per heavy atom. The van der Waals surface area contributed by atoms with Crippen LogP contribution in [0.25, 0.3) is 0 Å². The molecule has 1 heterocycles. The third-order valence-corrected chi connectivity index (χ3v) is 6.06. The minimum Gasteiger partial charge on any atom is -0.261 e. The van der Waals surface area contributed by atoms with Crippen molar-refractivity contribution in [1.82, 2.24) is 4.98 Å². The van der Waals surface area contributed by atoms with Crippen molar-refractivity contribution in [2.75, 3.05) is 0 Å². The molecule has 1 aromatic carbocycles. The number of rotatable bonds is 5. The summed E-state index contributed by atoms with van der Waals surface area (Å²) in [5.41, 5.74) is 4.76. The van der Waals surface area contributed by atoms with E-state index >= 15 is 0 Å². The zero-order chi connectivity index (χ0) is 17.2. The molecular weight excluding hydrogens is 342 g/mol. The van der Waals surface area contributed by atoms with Crippen LogP contribution in [0.5, 0.6) is 0 Å². The quantitative estimate of drug-likeness (QED) is 0.743. The predicted octanol–water partition coefficient (Wildman–Crippen LogP) is 4.31.